The van der Waals surface area contributed by atoms with Crippen molar-refractivity contribution in [2.45, 2.75) is 24.3 Å². The fourth-order valence-corrected chi connectivity index (χ4v) is 3.28. The lowest BCUT2D eigenvalue weighted by atomic mass is 10.1. The average Bonchev–Trinajstić information content (AvgIpc) is 3.13. The summed E-state index contributed by atoms with van der Waals surface area (Å²) >= 11 is 0. The fraction of sp³-hybridized carbons (Fsp3) is 0.278. The summed E-state index contributed by atoms with van der Waals surface area (Å²) in [4.78, 5) is 12.2. The Balaban J connectivity index is 1.48. The second kappa shape index (κ2) is 7.76. The molecule has 3 rings (SSSR count). The molecule has 1 aliphatic rings. The normalized spacial score (nSPS) is 12.8. The summed E-state index contributed by atoms with van der Waals surface area (Å²) < 4.78 is 36.2. The van der Waals surface area contributed by atoms with Gasteiger partial charge in [-0.1, -0.05) is 18.2 Å². The second-order valence-electron chi connectivity index (χ2n) is 5.82. The van der Waals surface area contributed by atoms with Gasteiger partial charge < -0.3 is 14.8 Å². The molecule has 0 radical (unpaired) electrons. The van der Waals surface area contributed by atoms with Crippen LogP contribution in [-0.4, -0.2) is 28.2 Å². The van der Waals surface area contributed by atoms with Gasteiger partial charge in [-0.2, -0.15) is 0 Å². The third-order valence-corrected chi connectivity index (χ3v) is 5.50. The Bertz CT molecular complexity index is 894. The minimum Gasteiger partial charge on any atom is -0.454 e. The second-order valence-corrected chi connectivity index (χ2v) is 7.70. The van der Waals surface area contributed by atoms with Crippen molar-refractivity contribution in [3.8, 4) is 11.5 Å². The molecule has 0 bridgehead atoms. The molecule has 0 fully saturated rings. The summed E-state index contributed by atoms with van der Waals surface area (Å²) in [6.07, 6.45) is 0.952. The molecule has 26 heavy (non-hydrogen) atoms. The van der Waals surface area contributed by atoms with Crippen molar-refractivity contribution in [3.63, 3.8) is 0 Å². The van der Waals surface area contributed by atoms with Crippen LogP contribution in [0.1, 0.15) is 17.5 Å². The molecule has 138 valence electrons. The lowest BCUT2D eigenvalue weighted by Gasteiger charge is -2.07. The van der Waals surface area contributed by atoms with Crippen molar-refractivity contribution in [1.29, 1.82) is 0 Å². The van der Waals surface area contributed by atoms with Gasteiger partial charge in [-0.3, -0.25) is 4.79 Å². The number of sulfonamides is 1. The van der Waals surface area contributed by atoms with Crippen molar-refractivity contribution in [3.05, 3.63) is 53.6 Å². The number of nitrogens with one attached hydrogen (secondary N) is 2. The van der Waals surface area contributed by atoms with Gasteiger partial charge in [-0.15, -0.1) is 0 Å². The zero-order valence-electron chi connectivity index (χ0n) is 14.3. The number of hydrogen-bond donors (Lipinski definition) is 2. The highest BCUT2D eigenvalue weighted by Gasteiger charge is 2.14. The molecule has 1 amide bonds. The molecular formula is C18H20N2O5S. The molecule has 2 aromatic rings. The molecule has 1 aliphatic heterocycles. The van der Waals surface area contributed by atoms with E-state index in [0.717, 1.165) is 16.9 Å². The number of benzene rings is 2. The molecule has 0 saturated heterocycles. The Labute approximate surface area is 152 Å². The molecule has 0 atom stereocenters. The number of carbonyl (C=O) groups excluding carboxylic acids is 1. The first-order valence-corrected chi connectivity index (χ1v) is 9.64. The van der Waals surface area contributed by atoms with E-state index in [2.05, 4.69) is 10.0 Å². The van der Waals surface area contributed by atoms with Crippen LogP contribution in [0.25, 0.3) is 0 Å². The Kier molecular flexibility index (Phi) is 5.43. The standard InChI is InChI=1S/C18H20N2O5S/c1-19-26(22,23)15-6-2-14(3-7-15)11-20-18(21)9-5-13-4-8-16-17(10-13)25-12-24-16/h2-4,6-8,10,19H,5,9,11-12H2,1H3,(H,20,21). The van der Waals surface area contributed by atoms with E-state index in [1.807, 2.05) is 18.2 Å². The largest absolute Gasteiger partial charge is 0.454 e. The molecule has 0 spiro atoms. The summed E-state index contributed by atoms with van der Waals surface area (Å²) in [6.45, 7) is 0.577. The first-order valence-electron chi connectivity index (χ1n) is 8.15. The van der Waals surface area contributed by atoms with Gasteiger partial charge in [0.15, 0.2) is 11.5 Å². The van der Waals surface area contributed by atoms with Crippen molar-refractivity contribution in [2.24, 2.45) is 0 Å². The Morgan fingerprint density at radius 1 is 1.04 bits per heavy atom. The van der Waals surface area contributed by atoms with Crippen LogP contribution in [0.3, 0.4) is 0 Å². The van der Waals surface area contributed by atoms with E-state index < -0.39 is 10.0 Å². The highest BCUT2D eigenvalue weighted by atomic mass is 32.2. The van der Waals surface area contributed by atoms with Crippen molar-refractivity contribution in [2.75, 3.05) is 13.8 Å². The van der Waals surface area contributed by atoms with Crippen LogP contribution < -0.4 is 19.5 Å². The molecule has 1 heterocycles. The molecule has 8 heteroatoms. The Morgan fingerprint density at radius 3 is 2.46 bits per heavy atom. The van der Waals surface area contributed by atoms with E-state index in [1.165, 1.54) is 19.2 Å². The van der Waals surface area contributed by atoms with Gasteiger partial charge in [0, 0.05) is 13.0 Å². The number of aryl methyl sites for hydroxylation is 1. The molecule has 2 aromatic carbocycles. The number of fused-ring (bicyclic) bond motifs is 1. The maximum atomic E-state index is 12.0. The van der Waals surface area contributed by atoms with E-state index in [0.29, 0.717) is 25.1 Å². The monoisotopic (exact) mass is 376 g/mol. The predicted molar refractivity (Wildman–Crippen MR) is 95.4 cm³/mol. The van der Waals surface area contributed by atoms with Crippen molar-refractivity contribution in [1.82, 2.24) is 10.0 Å². The minimum absolute atomic E-state index is 0.0745. The van der Waals surface area contributed by atoms with Gasteiger partial charge in [0.05, 0.1) is 4.90 Å². The number of carbonyl (C=O) groups is 1. The van der Waals surface area contributed by atoms with Crippen LogP contribution in [0, 0.1) is 0 Å². The van der Waals surface area contributed by atoms with E-state index in [1.54, 1.807) is 12.1 Å². The molecule has 0 saturated carbocycles. The third-order valence-electron chi connectivity index (χ3n) is 4.07. The Hall–Kier alpha value is -2.58. The topological polar surface area (TPSA) is 93.7 Å². The molecule has 0 unspecified atom stereocenters. The van der Waals surface area contributed by atoms with E-state index in [4.69, 9.17) is 9.47 Å². The zero-order chi connectivity index (χ0) is 18.6. The highest BCUT2D eigenvalue weighted by Crippen LogP contribution is 2.32. The van der Waals surface area contributed by atoms with Crippen molar-refractivity contribution < 1.29 is 22.7 Å². The molecule has 0 aliphatic carbocycles. The maximum Gasteiger partial charge on any atom is 0.240 e. The molecule has 0 aromatic heterocycles. The van der Waals surface area contributed by atoms with Crippen LogP contribution in [-0.2, 0) is 27.8 Å². The van der Waals surface area contributed by atoms with Crippen molar-refractivity contribution >= 4 is 15.9 Å². The van der Waals surface area contributed by atoms with Crippen LogP contribution in [0.4, 0.5) is 0 Å². The van der Waals surface area contributed by atoms with Gasteiger partial charge in [0.2, 0.25) is 22.7 Å². The molecule has 7 nitrogen and oxygen atoms in total. The summed E-state index contributed by atoms with van der Waals surface area (Å²) in [6, 6.07) is 12.0. The van der Waals surface area contributed by atoms with Crippen LogP contribution in [0.5, 0.6) is 11.5 Å². The maximum absolute atomic E-state index is 12.0. The van der Waals surface area contributed by atoms with Crippen LogP contribution in [0.15, 0.2) is 47.4 Å². The van der Waals surface area contributed by atoms with Gasteiger partial charge >= 0.3 is 0 Å². The minimum atomic E-state index is -3.45. The Morgan fingerprint density at radius 2 is 1.73 bits per heavy atom. The highest BCUT2D eigenvalue weighted by molar-refractivity contribution is 7.89. The summed E-state index contributed by atoms with van der Waals surface area (Å²) in [5.41, 5.74) is 1.84. The van der Waals surface area contributed by atoms with E-state index in [-0.39, 0.29) is 17.6 Å². The number of amides is 1. The quantitative estimate of drug-likeness (QED) is 0.765. The van der Waals surface area contributed by atoms with Gasteiger partial charge in [0.25, 0.3) is 0 Å². The zero-order valence-corrected chi connectivity index (χ0v) is 15.1. The van der Waals surface area contributed by atoms with Gasteiger partial charge in [0.1, 0.15) is 0 Å². The number of hydrogen-bond acceptors (Lipinski definition) is 5. The molecule has 2 N–H and O–H groups in total. The summed E-state index contributed by atoms with van der Waals surface area (Å²) in [5.74, 6) is 1.36. The van der Waals surface area contributed by atoms with E-state index >= 15 is 0 Å². The van der Waals surface area contributed by atoms with Crippen LogP contribution >= 0.6 is 0 Å². The number of ether oxygens (including phenoxy) is 2. The first-order chi connectivity index (χ1) is 12.5. The summed E-state index contributed by atoms with van der Waals surface area (Å²) in [5, 5.41) is 2.83. The van der Waals surface area contributed by atoms with Crippen LogP contribution in [0.2, 0.25) is 0 Å². The first kappa shape index (κ1) is 18.2. The SMILES string of the molecule is CNS(=O)(=O)c1ccc(CNC(=O)CCc2ccc3c(c2)OCO3)cc1. The van der Waals surface area contributed by atoms with E-state index in [9.17, 15) is 13.2 Å². The fourth-order valence-electron chi connectivity index (χ4n) is 2.55. The lowest BCUT2D eigenvalue weighted by Crippen LogP contribution is -2.23. The average molecular weight is 376 g/mol. The predicted octanol–water partition coefficient (Wildman–Crippen LogP) is 1.57. The third kappa shape index (κ3) is 4.33. The molecular weight excluding hydrogens is 356 g/mol. The number of rotatable bonds is 7. The summed E-state index contributed by atoms with van der Waals surface area (Å²) in [7, 11) is -2.08. The van der Waals surface area contributed by atoms with Gasteiger partial charge in [-0.25, -0.2) is 13.1 Å². The van der Waals surface area contributed by atoms with Gasteiger partial charge in [-0.05, 0) is 48.9 Å². The lowest BCUT2D eigenvalue weighted by molar-refractivity contribution is -0.121. The smallest absolute Gasteiger partial charge is 0.240 e.